The Bertz CT molecular complexity index is 336. The van der Waals surface area contributed by atoms with Gasteiger partial charge in [0.2, 0.25) is 0 Å². The number of carboxylic acids is 1. The summed E-state index contributed by atoms with van der Waals surface area (Å²) >= 11 is 0. The second-order valence-electron chi connectivity index (χ2n) is 4.47. The van der Waals surface area contributed by atoms with Gasteiger partial charge in [0.05, 0.1) is 6.10 Å². The fourth-order valence-corrected chi connectivity index (χ4v) is 0.935. The molecule has 0 saturated carbocycles. The van der Waals surface area contributed by atoms with Crippen LogP contribution in [0.2, 0.25) is 0 Å². The molecule has 0 bridgehead atoms. The minimum atomic E-state index is -0.935. The fraction of sp³-hybridized carbons (Fsp3) is 0.600. The lowest BCUT2D eigenvalue weighted by Crippen LogP contribution is -2.24. The molecule has 1 unspecified atom stereocenters. The largest absolute Gasteiger partial charge is 0.478 e. The zero-order valence-corrected chi connectivity index (χ0v) is 13.1. The van der Waals surface area contributed by atoms with Crippen LogP contribution in [0.25, 0.3) is 0 Å². The van der Waals surface area contributed by atoms with E-state index in [1.807, 2.05) is 6.92 Å². The van der Waals surface area contributed by atoms with Crippen molar-refractivity contribution in [1.82, 2.24) is 0 Å². The van der Waals surface area contributed by atoms with Crippen LogP contribution in [-0.2, 0) is 19.1 Å². The third kappa shape index (κ3) is 14.6. The van der Waals surface area contributed by atoms with Gasteiger partial charge in [-0.2, -0.15) is 0 Å². The predicted octanol–water partition coefficient (Wildman–Crippen LogP) is 1.93. The van der Waals surface area contributed by atoms with E-state index in [9.17, 15) is 9.59 Å². The Kier molecular flexibility index (Phi) is 13.7. The lowest BCUT2D eigenvalue weighted by molar-refractivity contribution is -0.143. The normalized spacial score (nSPS) is 10.9. The number of aliphatic carboxylic acids is 1. The number of aliphatic hydroxyl groups excluding tert-OH is 1. The first-order valence-corrected chi connectivity index (χ1v) is 6.70. The average Bonchev–Trinajstić information content (AvgIpc) is 2.41. The molecule has 0 amide bonds. The summed E-state index contributed by atoms with van der Waals surface area (Å²) in [6, 6.07) is 0. The van der Waals surface area contributed by atoms with Gasteiger partial charge < -0.3 is 19.7 Å². The second-order valence-corrected chi connectivity index (χ2v) is 4.47. The highest BCUT2D eigenvalue weighted by Gasteiger charge is 2.12. The molecular weight excluding hydrogens is 276 g/mol. The molecule has 0 aromatic rings. The van der Waals surface area contributed by atoms with Gasteiger partial charge in [-0.05, 0) is 26.7 Å². The maximum atomic E-state index is 11.1. The first-order chi connectivity index (χ1) is 9.76. The first kappa shape index (κ1) is 21.6. The number of hydrogen-bond acceptors (Lipinski definition) is 5. The Labute approximate surface area is 126 Å². The number of carbonyl (C=O) groups excluding carboxylic acids is 1. The third-order valence-corrected chi connectivity index (χ3v) is 2.12. The van der Waals surface area contributed by atoms with E-state index < -0.39 is 11.9 Å². The Hall–Kier alpha value is -1.66. The highest BCUT2D eigenvalue weighted by molar-refractivity contribution is 5.86. The monoisotopic (exact) mass is 302 g/mol. The molecule has 0 aliphatic heterocycles. The molecule has 0 heterocycles. The van der Waals surface area contributed by atoms with E-state index in [4.69, 9.17) is 19.7 Å². The summed E-state index contributed by atoms with van der Waals surface area (Å²) in [7, 11) is 0. The van der Waals surface area contributed by atoms with Gasteiger partial charge in [0.1, 0.15) is 6.61 Å². The molecule has 0 aliphatic rings. The lowest BCUT2D eigenvalue weighted by atomic mass is 10.3. The minimum Gasteiger partial charge on any atom is -0.478 e. The SMILES string of the molecule is C=C(C)C(=O)O.C=C(C)C(=O)OCC(CCO)OCCC. The topological polar surface area (TPSA) is 93.1 Å². The fourth-order valence-electron chi connectivity index (χ4n) is 0.935. The molecule has 0 aromatic heterocycles. The van der Waals surface area contributed by atoms with Crippen molar-refractivity contribution >= 4 is 11.9 Å². The van der Waals surface area contributed by atoms with Crippen molar-refractivity contribution in [2.45, 2.75) is 39.7 Å². The maximum absolute atomic E-state index is 11.1. The van der Waals surface area contributed by atoms with Crippen LogP contribution in [0, 0.1) is 0 Å². The molecule has 6 heteroatoms. The predicted molar refractivity (Wildman–Crippen MR) is 80.0 cm³/mol. The molecule has 0 spiro atoms. The molecule has 0 saturated heterocycles. The quantitative estimate of drug-likeness (QED) is 0.499. The highest BCUT2D eigenvalue weighted by atomic mass is 16.6. The van der Waals surface area contributed by atoms with Gasteiger partial charge in [0, 0.05) is 24.4 Å². The third-order valence-electron chi connectivity index (χ3n) is 2.12. The van der Waals surface area contributed by atoms with Gasteiger partial charge in [-0.3, -0.25) is 0 Å². The van der Waals surface area contributed by atoms with Crippen LogP contribution in [0.1, 0.15) is 33.6 Å². The summed E-state index contributed by atoms with van der Waals surface area (Å²) in [6.07, 6.45) is 1.15. The molecule has 0 aromatic carbocycles. The van der Waals surface area contributed by atoms with Crippen molar-refractivity contribution in [3.8, 4) is 0 Å². The van der Waals surface area contributed by atoms with Crippen LogP contribution >= 0.6 is 0 Å². The van der Waals surface area contributed by atoms with E-state index in [1.54, 1.807) is 6.92 Å². The molecule has 0 aliphatic carbocycles. The number of esters is 1. The molecule has 0 radical (unpaired) electrons. The molecule has 0 fully saturated rings. The number of aliphatic hydroxyl groups is 1. The van der Waals surface area contributed by atoms with Gasteiger partial charge in [-0.25, -0.2) is 9.59 Å². The van der Waals surface area contributed by atoms with Gasteiger partial charge in [0.25, 0.3) is 0 Å². The summed E-state index contributed by atoms with van der Waals surface area (Å²) in [5.41, 5.74) is 0.545. The summed E-state index contributed by atoms with van der Waals surface area (Å²) in [5.74, 6) is -1.35. The summed E-state index contributed by atoms with van der Waals surface area (Å²) in [5, 5.41) is 16.7. The average molecular weight is 302 g/mol. The zero-order chi connectivity index (χ0) is 16.8. The van der Waals surface area contributed by atoms with Gasteiger partial charge in [-0.1, -0.05) is 20.1 Å². The van der Waals surface area contributed by atoms with Crippen molar-refractivity contribution < 1.29 is 29.3 Å². The van der Waals surface area contributed by atoms with Gasteiger partial charge >= 0.3 is 11.9 Å². The zero-order valence-electron chi connectivity index (χ0n) is 13.1. The molecule has 1 atom stereocenters. The van der Waals surface area contributed by atoms with E-state index in [2.05, 4.69) is 13.2 Å². The molecule has 2 N–H and O–H groups in total. The number of carbonyl (C=O) groups is 2. The van der Waals surface area contributed by atoms with Crippen LogP contribution in [0.3, 0.4) is 0 Å². The molecule has 6 nitrogen and oxygen atoms in total. The van der Waals surface area contributed by atoms with Crippen LogP contribution in [0.15, 0.2) is 24.3 Å². The maximum Gasteiger partial charge on any atom is 0.333 e. The first-order valence-electron chi connectivity index (χ1n) is 6.70. The Morgan fingerprint density at radius 2 is 1.71 bits per heavy atom. The van der Waals surface area contributed by atoms with E-state index in [0.29, 0.717) is 18.6 Å². The highest BCUT2D eigenvalue weighted by Crippen LogP contribution is 2.02. The standard InChI is InChI=1S/C11H20O4.C4H6O2/c1-4-7-14-10(5-6-12)8-15-11(13)9(2)3;1-3(2)4(5)6/h10,12H,2,4-8H2,1,3H3;1H2,2H3,(H,5,6). The molecule has 21 heavy (non-hydrogen) atoms. The van der Waals surface area contributed by atoms with E-state index in [0.717, 1.165) is 6.42 Å². The Morgan fingerprint density at radius 1 is 1.19 bits per heavy atom. The summed E-state index contributed by atoms with van der Waals surface area (Å²) < 4.78 is 10.3. The number of rotatable bonds is 9. The van der Waals surface area contributed by atoms with Gasteiger partial charge in [-0.15, -0.1) is 0 Å². The van der Waals surface area contributed by atoms with E-state index >= 15 is 0 Å². The number of hydrogen-bond donors (Lipinski definition) is 2. The van der Waals surface area contributed by atoms with Crippen molar-refractivity contribution in [2.24, 2.45) is 0 Å². The van der Waals surface area contributed by atoms with Crippen LogP contribution in [0.5, 0.6) is 0 Å². The summed E-state index contributed by atoms with van der Waals surface area (Å²) in [4.78, 5) is 20.7. The molecule has 0 rings (SSSR count). The van der Waals surface area contributed by atoms with Crippen molar-refractivity contribution in [3.05, 3.63) is 24.3 Å². The number of carboxylic acid groups (broad SMARTS) is 1. The van der Waals surface area contributed by atoms with Crippen molar-refractivity contribution in [2.75, 3.05) is 19.8 Å². The smallest absolute Gasteiger partial charge is 0.333 e. The van der Waals surface area contributed by atoms with Crippen molar-refractivity contribution in [3.63, 3.8) is 0 Å². The van der Waals surface area contributed by atoms with Crippen LogP contribution in [-0.4, -0.2) is 48.1 Å². The Morgan fingerprint density at radius 3 is 2.05 bits per heavy atom. The lowest BCUT2D eigenvalue weighted by Gasteiger charge is -2.16. The molecule has 122 valence electrons. The summed E-state index contributed by atoms with van der Waals surface area (Å²) in [6.45, 7) is 12.5. The van der Waals surface area contributed by atoms with E-state index in [1.165, 1.54) is 6.92 Å². The van der Waals surface area contributed by atoms with Crippen molar-refractivity contribution in [1.29, 1.82) is 0 Å². The Balaban J connectivity index is 0. The van der Waals surface area contributed by atoms with Crippen LogP contribution < -0.4 is 0 Å². The second kappa shape index (κ2) is 13.3. The van der Waals surface area contributed by atoms with Gasteiger partial charge in [0.15, 0.2) is 0 Å². The van der Waals surface area contributed by atoms with Crippen LogP contribution in [0.4, 0.5) is 0 Å². The van der Waals surface area contributed by atoms with E-state index in [-0.39, 0.29) is 24.9 Å². The number of ether oxygens (including phenoxy) is 2. The minimum absolute atomic E-state index is 0.0268. The molecular formula is C15H26O6.